The van der Waals surface area contributed by atoms with E-state index in [4.69, 9.17) is 17.7 Å². The van der Waals surface area contributed by atoms with Gasteiger partial charge in [-0.05, 0) is 49.5 Å². The van der Waals surface area contributed by atoms with E-state index in [1.165, 1.54) is 0 Å². The third-order valence-electron chi connectivity index (χ3n) is 3.31. The molecule has 0 heterocycles. The number of thiol groups is 2. The van der Waals surface area contributed by atoms with Gasteiger partial charge in [-0.2, -0.15) is 25.3 Å². The average molecular weight is 361 g/mol. The van der Waals surface area contributed by atoms with E-state index >= 15 is 0 Å². The Kier molecular flexibility index (Phi) is 15.8. The molecule has 0 aliphatic heterocycles. The first-order valence-corrected chi connectivity index (χ1v) is 13.1. The summed E-state index contributed by atoms with van der Waals surface area (Å²) in [5.41, 5.74) is 0. The summed E-state index contributed by atoms with van der Waals surface area (Å²) in [6.45, 7) is 4.13. The van der Waals surface area contributed by atoms with Crippen LogP contribution in [0.1, 0.15) is 12.8 Å². The highest BCUT2D eigenvalue weighted by Crippen LogP contribution is 2.14. The zero-order valence-electron chi connectivity index (χ0n) is 13.8. The van der Waals surface area contributed by atoms with Crippen molar-refractivity contribution in [2.24, 2.45) is 0 Å². The molecule has 0 aromatic carbocycles. The monoisotopic (exact) mass is 360 g/mol. The predicted octanol–water partition coefficient (Wildman–Crippen LogP) is 3.34. The molecule has 0 saturated heterocycles. The molecule has 0 fully saturated rings. The topological polar surface area (TPSA) is 36.9 Å². The second kappa shape index (κ2) is 13.6. The molecule has 0 aromatic heterocycles. The van der Waals surface area contributed by atoms with Gasteiger partial charge in [0.15, 0.2) is 0 Å². The molecule has 0 radical (unpaired) electrons. The quantitative estimate of drug-likeness (QED) is 0.463. The molecule has 4 nitrogen and oxygen atoms in total. The molecule has 0 aliphatic rings. The van der Waals surface area contributed by atoms with Crippen molar-refractivity contribution in [2.75, 3.05) is 39.9 Å². The molecule has 124 valence electrons. The molecule has 0 saturated carbocycles. The maximum atomic E-state index is 5.27. The number of hydrogen-bond acceptors (Lipinski definition) is 6. The van der Waals surface area contributed by atoms with Crippen LogP contribution < -0.4 is 0 Å². The fourth-order valence-electron chi connectivity index (χ4n) is 1.38. The van der Waals surface area contributed by atoms with Crippen molar-refractivity contribution in [3.63, 3.8) is 0 Å². The number of rotatable bonds is 10. The third-order valence-corrected chi connectivity index (χ3v) is 9.92. The molecule has 0 atom stereocenters. The molecular formula is C12H32O4S2Si2. The minimum Gasteiger partial charge on any atom is -0.398 e. The number of hydrogen-bond donors (Lipinski definition) is 2. The highest BCUT2D eigenvalue weighted by atomic mass is 32.1. The molecule has 20 heavy (non-hydrogen) atoms. The maximum absolute atomic E-state index is 5.27. The van der Waals surface area contributed by atoms with Gasteiger partial charge < -0.3 is 17.7 Å². The van der Waals surface area contributed by atoms with E-state index in [1.807, 2.05) is 0 Å². The molecule has 0 bridgehead atoms. The van der Waals surface area contributed by atoms with Gasteiger partial charge >= 0.3 is 17.1 Å². The largest absolute Gasteiger partial charge is 0.398 e. The average Bonchev–Trinajstić information content (AvgIpc) is 2.50. The molecule has 0 aliphatic carbocycles. The van der Waals surface area contributed by atoms with Crippen LogP contribution in [0.5, 0.6) is 0 Å². The van der Waals surface area contributed by atoms with Crippen molar-refractivity contribution in [3.05, 3.63) is 0 Å². The van der Waals surface area contributed by atoms with Crippen molar-refractivity contribution < 1.29 is 17.7 Å². The van der Waals surface area contributed by atoms with Gasteiger partial charge in [0.25, 0.3) is 0 Å². The Morgan fingerprint density at radius 2 is 0.900 bits per heavy atom. The van der Waals surface area contributed by atoms with Crippen LogP contribution in [0.25, 0.3) is 0 Å². The molecule has 0 spiro atoms. The Balaban J connectivity index is 0. The van der Waals surface area contributed by atoms with Crippen molar-refractivity contribution in [2.45, 2.75) is 38.0 Å². The lowest BCUT2D eigenvalue weighted by atomic mass is 10.6. The summed E-state index contributed by atoms with van der Waals surface area (Å²) in [5.74, 6) is 1.82. The zero-order chi connectivity index (χ0) is 16.1. The molecule has 8 heteroatoms. The lowest BCUT2D eigenvalue weighted by Gasteiger charge is -2.21. The van der Waals surface area contributed by atoms with Crippen molar-refractivity contribution >= 4 is 42.4 Å². The van der Waals surface area contributed by atoms with E-state index in [0.717, 1.165) is 36.4 Å². The third kappa shape index (κ3) is 11.6. The van der Waals surface area contributed by atoms with Crippen molar-refractivity contribution in [1.29, 1.82) is 0 Å². The van der Waals surface area contributed by atoms with Gasteiger partial charge in [0, 0.05) is 28.4 Å². The Morgan fingerprint density at radius 1 is 0.650 bits per heavy atom. The first-order chi connectivity index (χ1) is 9.36. The van der Waals surface area contributed by atoms with Gasteiger partial charge in [0.05, 0.1) is 0 Å². The SMILES string of the molecule is CO[Si](C)(CCCS)OC.CO[Si](C)(CCCS)OC. The van der Waals surface area contributed by atoms with Gasteiger partial charge in [-0.1, -0.05) is 0 Å². The molecular weight excluding hydrogens is 328 g/mol. The van der Waals surface area contributed by atoms with Crippen molar-refractivity contribution in [1.82, 2.24) is 0 Å². The van der Waals surface area contributed by atoms with Crippen LogP contribution in [0.4, 0.5) is 0 Å². The maximum Gasteiger partial charge on any atom is 0.334 e. The molecule has 0 aromatic rings. The van der Waals surface area contributed by atoms with E-state index in [9.17, 15) is 0 Å². The van der Waals surface area contributed by atoms with E-state index < -0.39 is 17.1 Å². The Morgan fingerprint density at radius 3 is 1.05 bits per heavy atom. The first kappa shape index (κ1) is 23.2. The Labute approximate surface area is 138 Å². The lowest BCUT2D eigenvalue weighted by Crippen LogP contribution is -2.35. The van der Waals surface area contributed by atoms with Gasteiger partial charge in [-0.25, -0.2) is 0 Å². The van der Waals surface area contributed by atoms with Crippen LogP contribution in [0.2, 0.25) is 25.2 Å². The summed E-state index contributed by atoms with van der Waals surface area (Å²) in [6, 6.07) is 2.06. The Bertz CT molecular complexity index is 194. The highest BCUT2D eigenvalue weighted by Gasteiger charge is 2.27. The highest BCUT2D eigenvalue weighted by molar-refractivity contribution is 7.80. The predicted molar refractivity (Wildman–Crippen MR) is 97.8 cm³/mol. The van der Waals surface area contributed by atoms with E-state index in [-0.39, 0.29) is 0 Å². The van der Waals surface area contributed by atoms with E-state index in [1.54, 1.807) is 28.4 Å². The van der Waals surface area contributed by atoms with Crippen LogP contribution in [0, 0.1) is 0 Å². The van der Waals surface area contributed by atoms with Crippen LogP contribution in [0.3, 0.4) is 0 Å². The second-order valence-corrected chi connectivity index (χ2v) is 12.8. The smallest absolute Gasteiger partial charge is 0.334 e. The first-order valence-electron chi connectivity index (χ1n) is 6.79. The summed E-state index contributed by atoms with van der Waals surface area (Å²) < 4.78 is 21.1. The fourth-order valence-corrected chi connectivity index (χ4v) is 5.07. The summed E-state index contributed by atoms with van der Waals surface area (Å²) in [5, 5.41) is 0. The minimum absolute atomic E-state index is 0.912. The zero-order valence-corrected chi connectivity index (χ0v) is 17.6. The fraction of sp³-hybridized carbons (Fsp3) is 1.00. The molecule has 0 N–H and O–H groups in total. The lowest BCUT2D eigenvalue weighted by molar-refractivity contribution is 0.249. The summed E-state index contributed by atoms with van der Waals surface area (Å²) in [7, 11) is 3.33. The molecule has 0 amide bonds. The second-order valence-electron chi connectivity index (χ2n) is 4.74. The van der Waals surface area contributed by atoms with Gasteiger partial charge in [-0.15, -0.1) is 0 Å². The van der Waals surface area contributed by atoms with Crippen LogP contribution in [0.15, 0.2) is 0 Å². The summed E-state index contributed by atoms with van der Waals surface area (Å²) in [6.07, 6.45) is 2.15. The van der Waals surface area contributed by atoms with Crippen molar-refractivity contribution in [3.8, 4) is 0 Å². The van der Waals surface area contributed by atoms with Crippen LogP contribution in [-0.4, -0.2) is 57.1 Å². The summed E-state index contributed by atoms with van der Waals surface area (Å²) >= 11 is 8.24. The molecule has 0 rings (SSSR count). The molecule has 0 unspecified atom stereocenters. The minimum atomic E-state index is -1.77. The Hall–Kier alpha value is 0.974. The van der Waals surface area contributed by atoms with Gasteiger partial charge in [0.1, 0.15) is 0 Å². The summed E-state index contributed by atoms with van der Waals surface area (Å²) in [4.78, 5) is 0. The van der Waals surface area contributed by atoms with Gasteiger partial charge in [-0.3, -0.25) is 0 Å². The standard InChI is InChI=1S/2C6H16O2SSi/c2*1-7-10(3,8-2)6-4-5-9/h2*9H,4-6H2,1-3H3. The van der Waals surface area contributed by atoms with E-state index in [2.05, 4.69) is 38.4 Å². The van der Waals surface area contributed by atoms with Crippen LogP contribution in [-0.2, 0) is 17.7 Å². The van der Waals surface area contributed by atoms with Crippen LogP contribution >= 0.6 is 25.3 Å². The van der Waals surface area contributed by atoms with E-state index in [0.29, 0.717) is 0 Å². The normalized spacial score (nSPS) is 12.0. The van der Waals surface area contributed by atoms with Gasteiger partial charge in [0.2, 0.25) is 0 Å².